The number of carbonyl (C=O) groups is 2. The van der Waals surface area contributed by atoms with E-state index in [0.29, 0.717) is 60.0 Å². The number of aryl methyl sites for hydroxylation is 1. The van der Waals surface area contributed by atoms with E-state index in [-0.39, 0.29) is 24.9 Å². The Hall–Kier alpha value is -3.60. The number of ether oxygens (including phenoxy) is 3. The third kappa shape index (κ3) is 7.19. The number of amides is 2. The van der Waals surface area contributed by atoms with Gasteiger partial charge in [-0.05, 0) is 30.3 Å². The van der Waals surface area contributed by atoms with Crippen LogP contribution in [0, 0.1) is 0 Å². The number of hydrogen-bond donors (Lipinski definition) is 2. The summed E-state index contributed by atoms with van der Waals surface area (Å²) in [6.07, 6.45) is 3.25. The van der Waals surface area contributed by atoms with Crippen molar-refractivity contribution in [1.82, 2.24) is 14.7 Å². The maximum Gasteiger partial charge on any atom is 0.238 e. The van der Waals surface area contributed by atoms with Crippen LogP contribution in [-0.2, 0) is 21.4 Å². The highest BCUT2D eigenvalue weighted by Gasteiger charge is 2.18. The van der Waals surface area contributed by atoms with Crippen molar-refractivity contribution >= 4 is 34.8 Å². The van der Waals surface area contributed by atoms with E-state index in [9.17, 15) is 9.59 Å². The second-order valence-corrected chi connectivity index (χ2v) is 8.30. The summed E-state index contributed by atoms with van der Waals surface area (Å²) in [6, 6.07) is 12.2. The lowest BCUT2D eigenvalue weighted by molar-refractivity contribution is -0.120. The largest absolute Gasteiger partial charge is 0.487 e. The first-order chi connectivity index (χ1) is 17.0. The zero-order valence-corrected chi connectivity index (χ0v) is 20.0. The van der Waals surface area contributed by atoms with E-state index in [0.717, 1.165) is 0 Å². The molecule has 1 aliphatic heterocycles. The SMILES string of the molecule is Cn1cc(NC(=O)CN2CCOCCOc3ccccc3Oc3ccc(Cl)cc3NC(=O)C2)cn1. The number of benzene rings is 2. The normalized spacial score (nSPS) is 15.3. The van der Waals surface area contributed by atoms with Crippen LogP contribution in [0.2, 0.25) is 5.02 Å². The summed E-state index contributed by atoms with van der Waals surface area (Å²) in [6.45, 7) is 1.28. The Bertz CT molecular complexity index is 1180. The topological polar surface area (TPSA) is 107 Å². The van der Waals surface area contributed by atoms with Crippen molar-refractivity contribution in [3.8, 4) is 17.2 Å². The summed E-state index contributed by atoms with van der Waals surface area (Å²) < 4.78 is 19.1. The van der Waals surface area contributed by atoms with Crippen LogP contribution in [0.5, 0.6) is 17.2 Å². The minimum atomic E-state index is -0.328. The van der Waals surface area contributed by atoms with Crippen LogP contribution in [-0.4, -0.2) is 65.9 Å². The highest BCUT2D eigenvalue weighted by Crippen LogP contribution is 2.36. The summed E-state index contributed by atoms with van der Waals surface area (Å²) in [4.78, 5) is 27.2. The summed E-state index contributed by atoms with van der Waals surface area (Å²) in [5, 5.41) is 10.1. The lowest BCUT2D eigenvalue weighted by Crippen LogP contribution is -2.40. The number of rotatable bonds is 3. The first-order valence-corrected chi connectivity index (χ1v) is 11.4. The van der Waals surface area contributed by atoms with E-state index in [1.807, 2.05) is 12.1 Å². The average molecular weight is 500 g/mol. The molecule has 0 bridgehead atoms. The fraction of sp³-hybridized carbons (Fsp3) is 0.292. The molecule has 10 nitrogen and oxygen atoms in total. The van der Waals surface area contributed by atoms with Gasteiger partial charge in [-0.15, -0.1) is 0 Å². The number of nitrogens with one attached hydrogen (secondary N) is 2. The van der Waals surface area contributed by atoms with E-state index < -0.39 is 0 Å². The van der Waals surface area contributed by atoms with Crippen molar-refractivity contribution in [2.45, 2.75) is 0 Å². The molecular weight excluding hydrogens is 474 g/mol. The van der Waals surface area contributed by atoms with Gasteiger partial charge >= 0.3 is 0 Å². The predicted molar refractivity (Wildman–Crippen MR) is 131 cm³/mol. The van der Waals surface area contributed by atoms with Crippen molar-refractivity contribution in [3.05, 3.63) is 59.9 Å². The number of halogens is 1. The zero-order chi connectivity index (χ0) is 24.6. The molecule has 0 atom stereocenters. The maximum absolute atomic E-state index is 12.9. The molecule has 0 radical (unpaired) electrons. The Morgan fingerprint density at radius 2 is 1.97 bits per heavy atom. The molecule has 0 unspecified atom stereocenters. The quantitative estimate of drug-likeness (QED) is 0.570. The van der Waals surface area contributed by atoms with Crippen LogP contribution >= 0.6 is 11.6 Å². The molecule has 4 rings (SSSR count). The van der Waals surface area contributed by atoms with Crippen molar-refractivity contribution in [2.24, 2.45) is 7.05 Å². The third-order valence-corrected chi connectivity index (χ3v) is 5.28. The second-order valence-electron chi connectivity index (χ2n) is 7.86. The molecule has 0 spiro atoms. The number of para-hydroxylation sites is 2. The van der Waals surface area contributed by atoms with Crippen LogP contribution in [0.1, 0.15) is 0 Å². The van der Waals surface area contributed by atoms with Crippen LogP contribution in [0.3, 0.4) is 0 Å². The molecule has 1 aliphatic rings. The van der Waals surface area contributed by atoms with Crippen LogP contribution in [0.25, 0.3) is 0 Å². The van der Waals surface area contributed by atoms with E-state index in [1.54, 1.807) is 59.4 Å². The number of nitrogens with zero attached hydrogens (tertiary/aromatic N) is 3. The molecule has 2 aromatic carbocycles. The molecule has 2 amide bonds. The van der Waals surface area contributed by atoms with Crippen molar-refractivity contribution in [3.63, 3.8) is 0 Å². The minimum Gasteiger partial charge on any atom is -0.487 e. The molecular formula is C24H26ClN5O5. The van der Waals surface area contributed by atoms with Crippen LogP contribution in [0.15, 0.2) is 54.9 Å². The first-order valence-electron chi connectivity index (χ1n) is 11.0. The monoisotopic (exact) mass is 499 g/mol. The van der Waals surface area contributed by atoms with E-state index in [1.165, 1.54) is 0 Å². The number of anilines is 2. The molecule has 1 aromatic heterocycles. The van der Waals surface area contributed by atoms with Crippen LogP contribution in [0.4, 0.5) is 11.4 Å². The molecule has 0 aliphatic carbocycles. The van der Waals surface area contributed by atoms with Gasteiger partial charge in [0.1, 0.15) is 6.61 Å². The highest BCUT2D eigenvalue weighted by molar-refractivity contribution is 6.31. The molecule has 35 heavy (non-hydrogen) atoms. The lowest BCUT2D eigenvalue weighted by Gasteiger charge is -2.21. The predicted octanol–water partition coefficient (Wildman–Crippen LogP) is 3.15. The van der Waals surface area contributed by atoms with Gasteiger partial charge in [-0.25, -0.2) is 0 Å². The fourth-order valence-electron chi connectivity index (χ4n) is 3.46. The van der Waals surface area contributed by atoms with Crippen molar-refractivity contribution in [2.75, 3.05) is 50.1 Å². The van der Waals surface area contributed by atoms with Crippen molar-refractivity contribution < 1.29 is 23.8 Å². The van der Waals surface area contributed by atoms with E-state index in [2.05, 4.69) is 15.7 Å². The average Bonchev–Trinajstić information content (AvgIpc) is 3.22. The summed E-state index contributed by atoms with van der Waals surface area (Å²) in [5.41, 5.74) is 0.983. The highest BCUT2D eigenvalue weighted by atomic mass is 35.5. The molecule has 184 valence electrons. The Labute approximate surface area is 207 Å². The number of carbonyl (C=O) groups excluding carboxylic acids is 2. The molecule has 3 aromatic rings. The Morgan fingerprint density at radius 3 is 2.77 bits per heavy atom. The van der Waals surface area contributed by atoms with E-state index >= 15 is 0 Å². The smallest absolute Gasteiger partial charge is 0.238 e. The lowest BCUT2D eigenvalue weighted by atomic mass is 10.2. The number of aromatic nitrogens is 2. The van der Waals surface area contributed by atoms with Gasteiger partial charge in [0.2, 0.25) is 11.8 Å². The molecule has 0 fully saturated rings. The van der Waals surface area contributed by atoms with Gasteiger partial charge in [-0.2, -0.15) is 5.10 Å². The van der Waals surface area contributed by atoms with E-state index in [4.69, 9.17) is 25.8 Å². The Morgan fingerprint density at radius 1 is 1.14 bits per heavy atom. The van der Waals surface area contributed by atoms with Gasteiger partial charge in [-0.1, -0.05) is 23.7 Å². The van der Waals surface area contributed by atoms with Crippen LogP contribution < -0.4 is 20.1 Å². The Kier molecular flexibility index (Phi) is 8.19. The molecule has 2 N–H and O–H groups in total. The second kappa shape index (κ2) is 11.7. The van der Waals surface area contributed by atoms with Crippen molar-refractivity contribution in [1.29, 1.82) is 0 Å². The van der Waals surface area contributed by atoms with Gasteiger partial charge in [0.15, 0.2) is 17.2 Å². The minimum absolute atomic E-state index is 0.00742. The number of hydrogen-bond acceptors (Lipinski definition) is 7. The zero-order valence-electron chi connectivity index (χ0n) is 19.2. The first kappa shape index (κ1) is 24.5. The summed E-state index contributed by atoms with van der Waals surface area (Å²) in [7, 11) is 1.76. The standard InChI is InChI=1S/C24H26ClN5O5/c1-29-14-18(13-26-29)27-23(31)15-30-8-9-33-10-11-34-21-4-2-3-5-22(21)35-20-7-6-17(25)12-19(20)28-24(32)16-30/h2-7,12-14H,8-11,15-16H2,1H3,(H,27,31)(H,28,32). The van der Waals surface area contributed by atoms with Gasteiger partial charge in [0.05, 0.1) is 43.9 Å². The maximum atomic E-state index is 12.9. The third-order valence-electron chi connectivity index (χ3n) is 5.04. The molecule has 0 saturated heterocycles. The number of fused-ring (bicyclic) bond motifs is 2. The van der Waals surface area contributed by atoms with Gasteiger partial charge in [0, 0.05) is 24.8 Å². The summed E-state index contributed by atoms with van der Waals surface area (Å²) >= 11 is 6.18. The Balaban J connectivity index is 1.51. The molecule has 11 heteroatoms. The van der Waals surface area contributed by atoms with Gasteiger partial charge < -0.3 is 24.8 Å². The molecule has 0 saturated carbocycles. The fourth-order valence-corrected chi connectivity index (χ4v) is 3.64. The van der Waals surface area contributed by atoms with Gasteiger partial charge in [0.25, 0.3) is 0 Å². The molecule has 2 heterocycles. The van der Waals surface area contributed by atoms with Gasteiger partial charge in [-0.3, -0.25) is 19.2 Å². The summed E-state index contributed by atoms with van der Waals surface area (Å²) in [5.74, 6) is 0.853.